The van der Waals surface area contributed by atoms with Crippen LogP contribution in [-0.4, -0.2) is 21.3 Å². The summed E-state index contributed by atoms with van der Waals surface area (Å²) < 4.78 is 16.3. The number of rotatable bonds is 3. The van der Waals surface area contributed by atoms with Gasteiger partial charge in [0.25, 0.3) is 0 Å². The standard InChI is InChI=1S/C13H17BrO3/c1-7-5-8-6-9(15-2)12(16-3)13(17-4)10(8)11(7)14/h6-7,11H,5H2,1-4H3. The molecule has 2 atom stereocenters. The molecule has 0 N–H and O–H groups in total. The second-order valence-electron chi connectivity index (χ2n) is 4.30. The third-order valence-electron chi connectivity index (χ3n) is 3.27. The van der Waals surface area contributed by atoms with Crippen LogP contribution in [0.3, 0.4) is 0 Å². The predicted molar refractivity (Wildman–Crippen MR) is 70.6 cm³/mol. The normalized spacial score (nSPS) is 22.2. The minimum atomic E-state index is 0.312. The van der Waals surface area contributed by atoms with Crippen molar-refractivity contribution in [2.75, 3.05) is 21.3 Å². The Kier molecular flexibility index (Phi) is 3.52. The van der Waals surface area contributed by atoms with Crippen molar-refractivity contribution in [2.45, 2.75) is 18.2 Å². The van der Waals surface area contributed by atoms with Crippen molar-refractivity contribution in [2.24, 2.45) is 5.92 Å². The summed E-state index contributed by atoms with van der Waals surface area (Å²) in [5.41, 5.74) is 2.46. The largest absolute Gasteiger partial charge is 0.493 e. The van der Waals surface area contributed by atoms with Crippen molar-refractivity contribution < 1.29 is 14.2 Å². The number of fused-ring (bicyclic) bond motifs is 1. The van der Waals surface area contributed by atoms with Crippen molar-refractivity contribution in [3.63, 3.8) is 0 Å². The van der Waals surface area contributed by atoms with Gasteiger partial charge in [-0.3, -0.25) is 0 Å². The fourth-order valence-corrected chi connectivity index (χ4v) is 3.12. The van der Waals surface area contributed by atoms with Crippen LogP contribution < -0.4 is 14.2 Å². The highest BCUT2D eigenvalue weighted by molar-refractivity contribution is 9.09. The van der Waals surface area contributed by atoms with Crippen LogP contribution in [-0.2, 0) is 6.42 Å². The van der Waals surface area contributed by atoms with E-state index in [0.717, 1.165) is 17.9 Å². The Morgan fingerprint density at radius 3 is 2.29 bits per heavy atom. The van der Waals surface area contributed by atoms with E-state index in [0.29, 0.717) is 16.5 Å². The molecule has 4 heteroatoms. The van der Waals surface area contributed by atoms with Gasteiger partial charge in [0.2, 0.25) is 5.75 Å². The number of alkyl halides is 1. The second-order valence-corrected chi connectivity index (χ2v) is 5.29. The van der Waals surface area contributed by atoms with Gasteiger partial charge < -0.3 is 14.2 Å². The average molecular weight is 301 g/mol. The van der Waals surface area contributed by atoms with Crippen molar-refractivity contribution in [1.82, 2.24) is 0 Å². The molecule has 0 heterocycles. The molecule has 17 heavy (non-hydrogen) atoms. The fraction of sp³-hybridized carbons (Fsp3) is 0.538. The van der Waals surface area contributed by atoms with E-state index in [1.165, 1.54) is 11.1 Å². The highest BCUT2D eigenvalue weighted by Crippen LogP contribution is 2.53. The lowest BCUT2D eigenvalue weighted by Gasteiger charge is -2.17. The third-order valence-corrected chi connectivity index (χ3v) is 4.63. The molecule has 0 bridgehead atoms. The fourth-order valence-electron chi connectivity index (χ4n) is 2.44. The maximum Gasteiger partial charge on any atom is 0.203 e. The highest BCUT2D eigenvalue weighted by Gasteiger charge is 2.33. The third kappa shape index (κ3) is 1.88. The summed E-state index contributed by atoms with van der Waals surface area (Å²) >= 11 is 3.73. The molecule has 0 aromatic heterocycles. The summed E-state index contributed by atoms with van der Waals surface area (Å²) in [7, 11) is 4.95. The topological polar surface area (TPSA) is 27.7 Å². The zero-order valence-electron chi connectivity index (χ0n) is 10.5. The Morgan fingerprint density at radius 1 is 1.12 bits per heavy atom. The molecule has 0 aliphatic heterocycles. The molecule has 2 unspecified atom stereocenters. The predicted octanol–water partition coefficient (Wildman–Crippen LogP) is 3.34. The molecule has 1 aromatic rings. The summed E-state index contributed by atoms with van der Waals surface area (Å²) in [5, 5.41) is 0. The average Bonchev–Trinajstić information content (AvgIpc) is 2.62. The van der Waals surface area contributed by atoms with Crippen LogP contribution in [0.5, 0.6) is 17.2 Å². The van der Waals surface area contributed by atoms with Gasteiger partial charge in [-0.15, -0.1) is 0 Å². The Balaban J connectivity index is 2.65. The van der Waals surface area contributed by atoms with Crippen LogP contribution >= 0.6 is 15.9 Å². The molecule has 0 radical (unpaired) electrons. The van der Waals surface area contributed by atoms with Crippen molar-refractivity contribution in [3.8, 4) is 17.2 Å². The Labute approximate surface area is 110 Å². The lowest BCUT2D eigenvalue weighted by atomic mass is 10.1. The van der Waals surface area contributed by atoms with Gasteiger partial charge in [-0.2, -0.15) is 0 Å². The molecular formula is C13H17BrO3. The van der Waals surface area contributed by atoms with E-state index in [9.17, 15) is 0 Å². The summed E-state index contributed by atoms with van der Waals surface area (Å²) in [6.45, 7) is 2.22. The number of ether oxygens (including phenoxy) is 3. The number of hydrogen-bond donors (Lipinski definition) is 0. The van der Waals surface area contributed by atoms with Gasteiger partial charge >= 0.3 is 0 Å². The minimum absolute atomic E-state index is 0.312. The van der Waals surface area contributed by atoms with Gasteiger partial charge in [-0.1, -0.05) is 22.9 Å². The maximum absolute atomic E-state index is 5.51. The summed E-state index contributed by atoms with van der Waals surface area (Å²) in [6.07, 6.45) is 1.03. The van der Waals surface area contributed by atoms with Crippen molar-refractivity contribution >= 4 is 15.9 Å². The summed E-state index contributed by atoms with van der Waals surface area (Å²) in [6, 6.07) is 2.05. The maximum atomic E-state index is 5.51. The molecule has 0 saturated carbocycles. The van der Waals surface area contributed by atoms with Gasteiger partial charge in [-0.05, 0) is 24.0 Å². The van der Waals surface area contributed by atoms with Crippen molar-refractivity contribution in [3.05, 3.63) is 17.2 Å². The Bertz CT molecular complexity index is 431. The van der Waals surface area contributed by atoms with Gasteiger partial charge in [0.15, 0.2) is 11.5 Å². The molecule has 94 valence electrons. The first-order valence-electron chi connectivity index (χ1n) is 5.59. The van der Waals surface area contributed by atoms with Crippen LogP contribution in [0.1, 0.15) is 22.9 Å². The molecule has 1 aliphatic carbocycles. The number of halogens is 1. The first kappa shape index (κ1) is 12.6. The molecule has 0 spiro atoms. The first-order valence-corrected chi connectivity index (χ1v) is 6.51. The first-order chi connectivity index (χ1) is 8.13. The van der Waals surface area contributed by atoms with Crippen LogP contribution in [0.4, 0.5) is 0 Å². The molecular weight excluding hydrogens is 284 g/mol. The quantitative estimate of drug-likeness (QED) is 0.801. The number of benzene rings is 1. The van der Waals surface area contributed by atoms with Crippen LogP contribution in [0.2, 0.25) is 0 Å². The highest BCUT2D eigenvalue weighted by atomic mass is 79.9. The van der Waals surface area contributed by atoms with Gasteiger partial charge in [-0.25, -0.2) is 0 Å². The van der Waals surface area contributed by atoms with Gasteiger partial charge in [0.1, 0.15) is 0 Å². The lowest BCUT2D eigenvalue weighted by molar-refractivity contribution is 0.322. The Morgan fingerprint density at radius 2 is 1.76 bits per heavy atom. The molecule has 3 nitrogen and oxygen atoms in total. The number of hydrogen-bond acceptors (Lipinski definition) is 3. The van der Waals surface area contributed by atoms with Crippen LogP contribution in [0, 0.1) is 5.92 Å². The Hall–Kier alpha value is -0.900. The molecule has 2 rings (SSSR count). The van der Waals surface area contributed by atoms with E-state index in [1.807, 2.05) is 0 Å². The van der Waals surface area contributed by atoms with E-state index >= 15 is 0 Å². The zero-order valence-corrected chi connectivity index (χ0v) is 12.1. The zero-order chi connectivity index (χ0) is 12.6. The monoisotopic (exact) mass is 300 g/mol. The minimum Gasteiger partial charge on any atom is -0.493 e. The van der Waals surface area contributed by atoms with Crippen molar-refractivity contribution in [1.29, 1.82) is 0 Å². The van der Waals surface area contributed by atoms with E-state index < -0.39 is 0 Å². The van der Waals surface area contributed by atoms with Gasteiger partial charge in [0.05, 0.1) is 21.3 Å². The van der Waals surface area contributed by atoms with Crippen LogP contribution in [0.25, 0.3) is 0 Å². The van der Waals surface area contributed by atoms with E-state index in [1.54, 1.807) is 21.3 Å². The molecule has 0 fully saturated rings. The molecule has 0 saturated heterocycles. The van der Waals surface area contributed by atoms with Gasteiger partial charge in [0, 0.05) is 10.4 Å². The van der Waals surface area contributed by atoms with Crippen LogP contribution in [0.15, 0.2) is 6.07 Å². The number of methoxy groups -OCH3 is 3. The summed E-state index contributed by atoms with van der Waals surface area (Å²) in [4.78, 5) is 0.312. The van der Waals surface area contributed by atoms with E-state index in [-0.39, 0.29) is 0 Å². The summed E-state index contributed by atoms with van der Waals surface area (Å²) in [5.74, 6) is 2.74. The smallest absolute Gasteiger partial charge is 0.203 e. The van der Waals surface area contributed by atoms with E-state index in [2.05, 4.69) is 28.9 Å². The molecule has 1 aliphatic rings. The van der Waals surface area contributed by atoms with E-state index in [4.69, 9.17) is 14.2 Å². The molecule has 1 aromatic carbocycles. The molecule has 0 amide bonds. The second kappa shape index (κ2) is 4.77. The SMILES string of the molecule is COc1cc2c(c(OC)c1OC)C(Br)C(C)C2. The lowest BCUT2D eigenvalue weighted by Crippen LogP contribution is -2.00.